The van der Waals surface area contributed by atoms with Gasteiger partial charge in [-0.05, 0) is 53.2 Å². The normalized spacial score (nSPS) is 10.6. The predicted molar refractivity (Wildman–Crippen MR) is 81.2 cm³/mol. The van der Waals surface area contributed by atoms with Gasteiger partial charge in [-0.15, -0.1) is 16.4 Å². The van der Waals surface area contributed by atoms with E-state index in [1.54, 1.807) is 22.9 Å². The number of carbonyl (C=O) groups is 1. The first-order valence-electron chi connectivity index (χ1n) is 6.04. The Morgan fingerprint density at radius 2 is 2.19 bits per heavy atom. The van der Waals surface area contributed by atoms with E-state index in [2.05, 4.69) is 20.8 Å². The Bertz CT molecular complexity index is 784. The van der Waals surface area contributed by atoms with E-state index in [-0.39, 0.29) is 5.91 Å². The average Bonchev–Trinajstić information content (AvgIpc) is 3.10. The number of halogens is 1. The number of nitrogens with one attached hydrogen (secondary N) is 1. The van der Waals surface area contributed by atoms with Crippen molar-refractivity contribution in [3.8, 4) is 5.69 Å². The van der Waals surface area contributed by atoms with Gasteiger partial charge in [-0.2, -0.15) is 0 Å². The van der Waals surface area contributed by atoms with Crippen molar-refractivity contribution >= 4 is 34.5 Å². The fraction of sp³-hybridized carbons (Fsp3) is 0.0769. The minimum absolute atomic E-state index is 0.179. The molecule has 0 aliphatic rings. The van der Waals surface area contributed by atoms with E-state index in [0.717, 1.165) is 11.3 Å². The fourth-order valence-corrected chi connectivity index (χ4v) is 2.83. The van der Waals surface area contributed by atoms with Gasteiger partial charge >= 0.3 is 0 Å². The number of carbonyl (C=O) groups excluding carboxylic acids is 1. The number of anilines is 1. The van der Waals surface area contributed by atoms with Crippen LogP contribution in [-0.2, 0) is 0 Å². The largest absolute Gasteiger partial charge is 0.321 e. The van der Waals surface area contributed by atoms with Gasteiger partial charge in [-0.1, -0.05) is 11.6 Å². The summed E-state index contributed by atoms with van der Waals surface area (Å²) in [6.45, 7) is 1.93. The molecule has 0 radical (unpaired) electrons. The van der Waals surface area contributed by atoms with Crippen LogP contribution in [0.5, 0.6) is 0 Å². The zero-order chi connectivity index (χ0) is 14.8. The third kappa shape index (κ3) is 2.93. The Labute approximate surface area is 129 Å². The van der Waals surface area contributed by atoms with Crippen molar-refractivity contribution in [1.29, 1.82) is 0 Å². The van der Waals surface area contributed by atoms with Crippen molar-refractivity contribution in [2.45, 2.75) is 6.92 Å². The third-order valence-electron chi connectivity index (χ3n) is 2.85. The van der Waals surface area contributed by atoms with Crippen LogP contribution in [0.2, 0.25) is 4.34 Å². The molecule has 0 unspecified atom stereocenters. The van der Waals surface area contributed by atoms with Gasteiger partial charge in [0.15, 0.2) is 0 Å². The second-order valence-corrected chi connectivity index (χ2v) is 6.03. The second-order valence-electron chi connectivity index (χ2n) is 4.31. The van der Waals surface area contributed by atoms with Gasteiger partial charge in [0.1, 0.15) is 6.33 Å². The number of amides is 1. The van der Waals surface area contributed by atoms with Crippen molar-refractivity contribution < 1.29 is 4.79 Å². The van der Waals surface area contributed by atoms with Gasteiger partial charge < -0.3 is 5.32 Å². The first-order valence-corrected chi connectivity index (χ1v) is 7.23. The van der Waals surface area contributed by atoms with E-state index in [1.165, 1.54) is 17.7 Å². The number of nitrogens with zero attached hydrogens (tertiary/aromatic N) is 4. The number of hydrogen-bond acceptors (Lipinski definition) is 5. The molecule has 2 heterocycles. The van der Waals surface area contributed by atoms with E-state index in [4.69, 9.17) is 11.6 Å². The highest BCUT2D eigenvalue weighted by Crippen LogP contribution is 2.23. The molecule has 0 bridgehead atoms. The van der Waals surface area contributed by atoms with Crippen LogP contribution in [0.15, 0.2) is 36.7 Å². The Morgan fingerprint density at radius 3 is 2.81 bits per heavy atom. The van der Waals surface area contributed by atoms with Crippen molar-refractivity contribution in [2.24, 2.45) is 0 Å². The molecule has 106 valence electrons. The number of aryl methyl sites for hydroxylation is 1. The van der Waals surface area contributed by atoms with Crippen molar-refractivity contribution in [1.82, 2.24) is 20.2 Å². The van der Waals surface area contributed by atoms with Gasteiger partial charge in [0.2, 0.25) is 0 Å². The summed E-state index contributed by atoms with van der Waals surface area (Å²) in [5, 5.41) is 13.9. The number of hydrogen-bond donors (Lipinski definition) is 1. The first kappa shape index (κ1) is 13.7. The maximum absolute atomic E-state index is 12.1. The van der Waals surface area contributed by atoms with E-state index in [9.17, 15) is 4.79 Å². The summed E-state index contributed by atoms with van der Waals surface area (Å²) in [4.78, 5) is 12.6. The summed E-state index contributed by atoms with van der Waals surface area (Å²) < 4.78 is 2.16. The Hall–Kier alpha value is -2.25. The van der Waals surface area contributed by atoms with Crippen LogP contribution >= 0.6 is 22.9 Å². The fourth-order valence-electron chi connectivity index (χ4n) is 1.89. The molecule has 2 aromatic heterocycles. The molecule has 0 aliphatic heterocycles. The van der Waals surface area contributed by atoms with Gasteiger partial charge in [0.05, 0.1) is 14.9 Å². The molecule has 1 amide bonds. The molecule has 6 nitrogen and oxygen atoms in total. The van der Waals surface area contributed by atoms with Gasteiger partial charge in [0, 0.05) is 5.69 Å². The van der Waals surface area contributed by atoms with Crippen LogP contribution in [0, 0.1) is 6.92 Å². The lowest BCUT2D eigenvalue weighted by Crippen LogP contribution is -2.10. The molecular formula is C13H10ClN5OS. The number of thiophene rings is 1. The third-order valence-corrected chi connectivity index (χ3v) is 4.08. The zero-order valence-electron chi connectivity index (χ0n) is 10.9. The predicted octanol–water partition coefficient (Wildman–Crippen LogP) is 2.94. The van der Waals surface area contributed by atoms with Gasteiger partial charge in [0.25, 0.3) is 5.91 Å². The van der Waals surface area contributed by atoms with Crippen LogP contribution in [0.1, 0.15) is 15.2 Å². The number of tetrazole rings is 1. The molecule has 0 saturated heterocycles. The Balaban J connectivity index is 1.81. The number of benzene rings is 1. The quantitative estimate of drug-likeness (QED) is 0.805. The molecule has 1 aromatic carbocycles. The van der Waals surface area contributed by atoms with Crippen LogP contribution in [-0.4, -0.2) is 26.1 Å². The molecule has 0 atom stereocenters. The topological polar surface area (TPSA) is 72.7 Å². The van der Waals surface area contributed by atoms with E-state index < -0.39 is 0 Å². The van der Waals surface area contributed by atoms with E-state index in [0.29, 0.717) is 14.9 Å². The summed E-state index contributed by atoms with van der Waals surface area (Å²) in [5.41, 5.74) is 2.51. The zero-order valence-corrected chi connectivity index (χ0v) is 12.5. The highest BCUT2D eigenvalue weighted by atomic mass is 35.5. The molecule has 3 rings (SSSR count). The van der Waals surface area contributed by atoms with Gasteiger partial charge in [-0.3, -0.25) is 4.79 Å². The Kier molecular flexibility index (Phi) is 3.68. The molecule has 0 fully saturated rings. The van der Waals surface area contributed by atoms with E-state index in [1.807, 2.05) is 19.1 Å². The standard InChI is InChI=1S/C13H10ClN5OS/c1-8-6-9(2-3-10(8)19-7-15-17-18-19)16-13(20)11-4-5-12(14)21-11/h2-7H,1H3,(H,16,20). The Morgan fingerprint density at radius 1 is 1.33 bits per heavy atom. The lowest BCUT2D eigenvalue weighted by atomic mass is 10.2. The molecule has 0 spiro atoms. The minimum atomic E-state index is -0.179. The average molecular weight is 320 g/mol. The maximum atomic E-state index is 12.1. The van der Waals surface area contributed by atoms with Crippen LogP contribution in [0.25, 0.3) is 5.69 Å². The van der Waals surface area contributed by atoms with Crippen LogP contribution in [0.4, 0.5) is 5.69 Å². The van der Waals surface area contributed by atoms with Gasteiger partial charge in [-0.25, -0.2) is 4.68 Å². The van der Waals surface area contributed by atoms with Crippen molar-refractivity contribution in [3.05, 3.63) is 51.4 Å². The lowest BCUT2D eigenvalue weighted by Gasteiger charge is -2.08. The van der Waals surface area contributed by atoms with Crippen molar-refractivity contribution in [3.63, 3.8) is 0 Å². The monoisotopic (exact) mass is 319 g/mol. The number of aromatic nitrogens is 4. The van der Waals surface area contributed by atoms with Crippen LogP contribution in [0.3, 0.4) is 0 Å². The highest BCUT2D eigenvalue weighted by Gasteiger charge is 2.10. The summed E-state index contributed by atoms with van der Waals surface area (Å²) in [7, 11) is 0. The van der Waals surface area contributed by atoms with Crippen molar-refractivity contribution in [2.75, 3.05) is 5.32 Å². The summed E-state index contributed by atoms with van der Waals surface area (Å²) in [6.07, 6.45) is 1.52. The SMILES string of the molecule is Cc1cc(NC(=O)c2ccc(Cl)s2)ccc1-n1cnnn1. The smallest absolute Gasteiger partial charge is 0.265 e. The molecule has 8 heteroatoms. The highest BCUT2D eigenvalue weighted by molar-refractivity contribution is 7.18. The van der Waals surface area contributed by atoms with E-state index >= 15 is 0 Å². The molecule has 21 heavy (non-hydrogen) atoms. The summed E-state index contributed by atoms with van der Waals surface area (Å²) in [6, 6.07) is 8.92. The summed E-state index contributed by atoms with van der Waals surface area (Å²) >= 11 is 7.07. The van der Waals surface area contributed by atoms with Crippen LogP contribution < -0.4 is 5.32 Å². The summed E-state index contributed by atoms with van der Waals surface area (Å²) in [5.74, 6) is -0.179. The molecular weight excluding hydrogens is 310 g/mol. The molecule has 0 aliphatic carbocycles. The molecule has 3 aromatic rings. The lowest BCUT2D eigenvalue weighted by molar-refractivity contribution is 0.103. The molecule has 1 N–H and O–H groups in total. The number of rotatable bonds is 3. The first-order chi connectivity index (χ1) is 10.1. The maximum Gasteiger partial charge on any atom is 0.265 e. The second kappa shape index (κ2) is 5.63. The molecule has 0 saturated carbocycles. The minimum Gasteiger partial charge on any atom is -0.321 e.